The number of halogens is 1. The Kier molecular flexibility index (Phi) is 4.34. The molecule has 6 nitrogen and oxygen atoms in total. The van der Waals surface area contributed by atoms with Gasteiger partial charge in [0.05, 0.1) is 12.3 Å². The van der Waals surface area contributed by atoms with Crippen LogP contribution in [-0.2, 0) is 17.8 Å². The number of aromatic nitrogens is 3. The van der Waals surface area contributed by atoms with Gasteiger partial charge < -0.3 is 4.90 Å². The molecule has 1 amide bonds. The normalized spacial score (nSPS) is 19.9. The number of benzene rings is 1. The van der Waals surface area contributed by atoms with Crippen LogP contribution in [0.4, 0.5) is 0 Å². The molecule has 2 aromatic heterocycles. The Hall–Kier alpha value is -2.51. The summed E-state index contributed by atoms with van der Waals surface area (Å²) in [6.45, 7) is 5.46. The monoisotopic (exact) mass is 451 g/mol. The number of hydrogen-bond donors (Lipinski definition) is 0. The zero-order valence-corrected chi connectivity index (χ0v) is 19.0. The molecule has 1 aromatic carbocycles. The molecule has 8 heteroatoms. The van der Waals surface area contributed by atoms with E-state index in [2.05, 4.69) is 21.7 Å². The topological polar surface area (TPSA) is 63.4 Å². The van der Waals surface area contributed by atoms with Gasteiger partial charge in [-0.2, -0.15) is 0 Å². The lowest BCUT2D eigenvalue weighted by molar-refractivity contribution is -0.133. The quantitative estimate of drug-likeness (QED) is 0.576. The van der Waals surface area contributed by atoms with E-state index < -0.39 is 0 Å². The Bertz CT molecular complexity index is 1250. The van der Waals surface area contributed by atoms with Crippen LogP contribution in [0.25, 0.3) is 5.00 Å². The number of rotatable bonds is 2. The largest absolute Gasteiger partial charge is 0.337 e. The number of amides is 1. The fraction of sp³-hybridized carbons (Fsp3) is 0.391. The summed E-state index contributed by atoms with van der Waals surface area (Å²) >= 11 is 8.37. The van der Waals surface area contributed by atoms with Crippen molar-refractivity contribution in [1.82, 2.24) is 19.7 Å². The predicted octanol–water partition coefficient (Wildman–Crippen LogP) is 4.50. The third-order valence-corrected chi connectivity index (χ3v) is 7.92. The molecule has 0 saturated heterocycles. The molecular formula is C23H22ClN5OS. The summed E-state index contributed by atoms with van der Waals surface area (Å²) < 4.78 is 2.14. The molecule has 2 aliphatic heterocycles. The fourth-order valence-electron chi connectivity index (χ4n) is 4.64. The Morgan fingerprint density at radius 1 is 1.23 bits per heavy atom. The maximum atomic E-state index is 12.7. The van der Waals surface area contributed by atoms with Crippen LogP contribution in [0.3, 0.4) is 0 Å². The van der Waals surface area contributed by atoms with Gasteiger partial charge in [0.1, 0.15) is 16.9 Å². The van der Waals surface area contributed by atoms with Crippen LogP contribution in [0.1, 0.15) is 59.0 Å². The molecule has 6 rings (SSSR count). The Morgan fingerprint density at radius 2 is 2.03 bits per heavy atom. The smallest absolute Gasteiger partial charge is 0.226 e. The minimum atomic E-state index is -0.140. The van der Waals surface area contributed by atoms with Crippen molar-refractivity contribution in [3.8, 4) is 5.00 Å². The van der Waals surface area contributed by atoms with Crippen molar-refractivity contribution in [3.05, 3.63) is 62.5 Å². The molecule has 0 bridgehead atoms. The maximum Gasteiger partial charge on any atom is 0.226 e. The van der Waals surface area contributed by atoms with E-state index in [-0.39, 0.29) is 12.0 Å². The van der Waals surface area contributed by atoms with Gasteiger partial charge in [0.15, 0.2) is 5.82 Å². The van der Waals surface area contributed by atoms with E-state index >= 15 is 0 Å². The number of thiophene rings is 1. The predicted molar refractivity (Wildman–Crippen MR) is 121 cm³/mol. The molecule has 1 unspecified atom stereocenters. The van der Waals surface area contributed by atoms with Gasteiger partial charge in [-0.1, -0.05) is 29.8 Å². The summed E-state index contributed by atoms with van der Waals surface area (Å²) in [4.78, 5) is 21.1. The lowest BCUT2D eigenvalue weighted by Gasteiger charge is -2.27. The average Bonchev–Trinajstić information content (AvgIpc) is 3.47. The lowest BCUT2D eigenvalue weighted by Crippen LogP contribution is -2.36. The molecule has 158 valence electrons. The summed E-state index contributed by atoms with van der Waals surface area (Å²) in [7, 11) is 0. The SMILES string of the molecule is Cc1nnc2n1-c1sc3c(c1C(c1ccccc1Cl)=NC2C)CCN(C(=O)C1CC1)C3. The number of fused-ring (bicyclic) bond motifs is 5. The van der Waals surface area contributed by atoms with Crippen molar-refractivity contribution < 1.29 is 4.79 Å². The van der Waals surface area contributed by atoms with Crippen molar-refractivity contribution in [2.75, 3.05) is 6.54 Å². The highest BCUT2D eigenvalue weighted by Crippen LogP contribution is 2.43. The second kappa shape index (κ2) is 7.00. The van der Waals surface area contributed by atoms with Gasteiger partial charge in [-0.3, -0.25) is 14.4 Å². The van der Waals surface area contributed by atoms with E-state index in [0.717, 1.165) is 59.3 Å². The van der Waals surface area contributed by atoms with Gasteiger partial charge in [0, 0.05) is 33.5 Å². The zero-order chi connectivity index (χ0) is 21.3. The van der Waals surface area contributed by atoms with Gasteiger partial charge in [0.25, 0.3) is 0 Å². The summed E-state index contributed by atoms with van der Waals surface area (Å²) in [6, 6.07) is 7.75. The molecule has 1 fully saturated rings. The number of carbonyl (C=O) groups is 1. The fourth-order valence-corrected chi connectivity index (χ4v) is 6.29. The molecule has 3 aromatic rings. The standard InChI is InChI=1S/C23H22ClN5OS/c1-12-21-27-26-13(2)29(21)23-19(20(25-12)15-5-3-4-6-17(15)24)16-9-10-28(11-18(16)31-23)22(30)14-7-8-14/h3-6,12,14H,7-11H2,1-2H3. The highest BCUT2D eigenvalue weighted by atomic mass is 35.5. The van der Waals surface area contributed by atoms with E-state index in [1.165, 1.54) is 10.4 Å². The highest BCUT2D eigenvalue weighted by Gasteiger charge is 2.38. The molecule has 3 aliphatic rings. The van der Waals surface area contributed by atoms with Crippen LogP contribution in [0.15, 0.2) is 29.3 Å². The Morgan fingerprint density at radius 3 is 2.81 bits per heavy atom. The summed E-state index contributed by atoms with van der Waals surface area (Å²) in [5.41, 5.74) is 4.26. The van der Waals surface area contributed by atoms with Crippen molar-refractivity contribution in [3.63, 3.8) is 0 Å². The van der Waals surface area contributed by atoms with Gasteiger partial charge in [-0.05, 0) is 44.7 Å². The summed E-state index contributed by atoms with van der Waals surface area (Å²) in [5, 5.41) is 10.6. The first kappa shape index (κ1) is 19.2. The number of nitrogens with zero attached hydrogens (tertiary/aromatic N) is 5. The van der Waals surface area contributed by atoms with Gasteiger partial charge >= 0.3 is 0 Å². The minimum absolute atomic E-state index is 0.140. The molecule has 0 N–H and O–H groups in total. The molecule has 0 spiro atoms. The highest BCUT2D eigenvalue weighted by molar-refractivity contribution is 7.15. The van der Waals surface area contributed by atoms with E-state index in [4.69, 9.17) is 16.6 Å². The first-order valence-corrected chi connectivity index (χ1v) is 11.9. The van der Waals surface area contributed by atoms with Crippen LogP contribution >= 0.6 is 22.9 Å². The van der Waals surface area contributed by atoms with E-state index in [1.807, 2.05) is 36.1 Å². The summed E-state index contributed by atoms with van der Waals surface area (Å²) in [6.07, 6.45) is 2.90. The van der Waals surface area contributed by atoms with E-state index in [1.54, 1.807) is 11.3 Å². The third kappa shape index (κ3) is 2.97. The molecule has 1 aliphatic carbocycles. The molecule has 31 heavy (non-hydrogen) atoms. The number of aliphatic imine (C=N–C) groups is 1. The van der Waals surface area contributed by atoms with Gasteiger partial charge in [-0.15, -0.1) is 21.5 Å². The number of hydrogen-bond acceptors (Lipinski definition) is 5. The maximum absolute atomic E-state index is 12.7. The van der Waals surface area contributed by atoms with Crippen LogP contribution in [0.2, 0.25) is 5.02 Å². The van der Waals surface area contributed by atoms with Crippen LogP contribution in [0.5, 0.6) is 0 Å². The third-order valence-electron chi connectivity index (χ3n) is 6.39. The van der Waals surface area contributed by atoms with Crippen molar-refractivity contribution in [1.29, 1.82) is 0 Å². The molecule has 4 heterocycles. The average molecular weight is 452 g/mol. The second-order valence-electron chi connectivity index (χ2n) is 8.54. The minimum Gasteiger partial charge on any atom is -0.337 e. The number of carbonyl (C=O) groups excluding carboxylic acids is 1. The van der Waals surface area contributed by atoms with E-state index in [9.17, 15) is 4.79 Å². The number of aryl methyl sites for hydroxylation is 1. The van der Waals surface area contributed by atoms with Crippen LogP contribution in [0, 0.1) is 12.8 Å². The van der Waals surface area contributed by atoms with Crippen LogP contribution in [-0.4, -0.2) is 37.8 Å². The molecule has 0 radical (unpaired) electrons. The van der Waals surface area contributed by atoms with Crippen molar-refractivity contribution in [2.24, 2.45) is 10.9 Å². The first-order chi connectivity index (χ1) is 15.0. The zero-order valence-electron chi connectivity index (χ0n) is 17.4. The molecule has 1 saturated carbocycles. The van der Waals surface area contributed by atoms with Crippen molar-refractivity contribution >= 4 is 34.6 Å². The molecule has 1 atom stereocenters. The second-order valence-corrected chi connectivity index (χ2v) is 10.0. The lowest BCUT2D eigenvalue weighted by atomic mass is 9.95. The first-order valence-electron chi connectivity index (χ1n) is 10.7. The Labute approximate surface area is 189 Å². The van der Waals surface area contributed by atoms with Crippen LogP contribution < -0.4 is 0 Å². The van der Waals surface area contributed by atoms with E-state index in [0.29, 0.717) is 17.5 Å². The summed E-state index contributed by atoms with van der Waals surface area (Å²) in [5.74, 6) is 2.24. The van der Waals surface area contributed by atoms with Gasteiger partial charge in [0.2, 0.25) is 5.91 Å². The van der Waals surface area contributed by atoms with Crippen molar-refractivity contribution in [2.45, 2.75) is 45.7 Å². The molecular weight excluding hydrogens is 430 g/mol. The van der Waals surface area contributed by atoms with Gasteiger partial charge in [-0.25, -0.2) is 0 Å². The Balaban J connectivity index is 1.55.